The molecule has 0 fully saturated rings. The van der Waals surface area contributed by atoms with Crippen LogP contribution in [0.1, 0.15) is 21.6 Å². The summed E-state index contributed by atoms with van der Waals surface area (Å²) in [5.74, 6) is 0.661. The Morgan fingerprint density at radius 1 is 0.929 bits per heavy atom. The van der Waals surface area contributed by atoms with Crippen LogP contribution in [0.3, 0.4) is 0 Å². The van der Waals surface area contributed by atoms with Gasteiger partial charge in [0.1, 0.15) is 11.4 Å². The molecule has 0 aliphatic carbocycles. The van der Waals surface area contributed by atoms with E-state index in [1.807, 2.05) is 48.5 Å². The second-order valence-corrected chi connectivity index (χ2v) is 6.45. The number of aromatic nitrogens is 1. The zero-order chi connectivity index (χ0) is 19.6. The van der Waals surface area contributed by atoms with E-state index in [-0.39, 0.29) is 5.91 Å². The fraction of sp³-hybridized carbons (Fsp3) is 0.217. The molecule has 2 N–H and O–H groups in total. The van der Waals surface area contributed by atoms with Crippen LogP contribution in [0.25, 0.3) is 0 Å². The van der Waals surface area contributed by atoms with Crippen LogP contribution in [0.5, 0.6) is 5.75 Å². The maximum Gasteiger partial charge on any atom is 0.269 e. The van der Waals surface area contributed by atoms with Crippen molar-refractivity contribution in [2.24, 2.45) is 0 Å². The highest BCUT2D eigenvalue weighted by atomic mass is 16.5. The minimum absolute atomic E-state index is 0.166. The number of rotatable bonds is 9. The number of nitrogens with one attached hydrogen (secondary N) is 2. The molecule has 2 aromatic carbocycles. The first-order valence-electron chi connectivity index (χ1n) is 9.39. The van der Waals surface area contributed by atoms with Crippen molar-refractivity contribution in [3.63, 3.8) is 0 Å². The predicted octanol–water partition coefficient (Wildman–Crippen LogP) is 3.72. The molecule has 3 rings (SSSR count). The van der Waals surface area contributed by atoms with Gasteiger partial charge >= 0.3 is 0 Å². The lowest BCUT2D eigenvalue weighted by Gasteiger charge is -2.09. The molecule has 0 atom stereocenters. The van der Waals surface area contributed by atoms with E-state index in [0.717, 1.165) is 36.4 Å². The summed E-state index contributed by atoms with van der Waals surface area (Å²) in [6, 6.07) is 21.8. The number of hydrogen-bond acceptors (Lipinski definition) is 4. The number of carbonyl (C=O) groups excluding carboxylic acids is 1. The summed E-state index contributed by atoms with van der Waals surface area (Å²) in [4.78, 5) is 16.5. The van der Waals surface area contributed by atoms with Crippen molar-refractivity contribution >= 4 is 11.6 Å². The van der Waals surface area contributed by atoms with Crippen molar-refractivity contribution in [1.29, 1.82) is 0 Å². The number of pyridine rings is 1. The van der Waals surface area contributed by atoms with E-state index < -0.39 is 0 Å². The number of carbonyl (C=O) groups is 1. The minimum Gasteiger partial charge on any atom is -0.497 e. The molecule has 28 heavy (non-hydrogen) atoms. The first-order valence-corrected chi connectivity index (χ1v) is 9.39. The van der Waals surface area contributed by atoms with Gasteiger partial charge in [-0.05, 0) is 48.2 Å². The van der Waals surface area contributed by atoms with E-state index in [4.69, 9.17) is 4.74 Å². The van der Waals surface area contributed by atoms with Crippen LogP contribution in [-0.2, 0) is 12.8 Å². The summed E-state index contributed by atoms with van der Waals surface area (Å²) in [6.45, 7) is 1.35. The lowest BCUT2D eigenvalue weighted by Crippen LogP contribution is -2.26. The van der Waals surface area contributed by atoms with Crippen LogP contribution in [0.4, 0.5) is 5.69 Å². The smallest absolute Gasteiger partial charge is 0.269 e. The fourth-order valence-corrected chi connectivity index (χ4v) is 2.86. The molecular weight excluding hydrogens is 350 g/mol. The largest absolute Gasteiger partial charge is 0.497 e. The molecule has 0 bridgehead atoms. The number of benzene rings is 2. The third kappa shape index (κ3) is 5.84. The molecule has 0 spiro atoms. The standard InChI is InChI=1S/C23H25N3O2/c1-28-21-9-7-19(8-10-21)12-15-26-23(27)22-17-20(13-16-25-22)24-14-11-18-5-3-2-4-6-18/h2-10,13,16-17H,11-12,14-15H2,1H3,(H,24,25)(H,26,27). The first-order chi connectivity index (χ1) is 13.7. The van der Waals surface area contributed by atoms with Crippen molar-refractivity contribution < 1.29 is 9.53 Å². The number of nitrogens with zero attached hydrogens (tertiary/aromatic N) is 1. The quantitative estimate of drug-likeness (QED) is 0.598. The Balaban J connectivity index is 1.46. The fourth-order valence-electron chi connectivity index (χ4n) is 2.86. The zero-order valence-corrected chi connectivity index (χ0v) is 16.0. The molecule has 5 nitrogen and oxygen atoms in total. The Kier molecular flexibility index (Phi) is 7.01. The second kappa shape index (κ2) is 10.1. The minimum atomic E-state index is -0.166. The molecule has 0 saturated heterocycles. The van der Waals surface area contributed by atoms with Crippen LogP contribution in [0.2, 0.25) is 0 Å². The third-order valence-corrected chi connectivity index (χ3v) is 4.44. The summed E-state index contributed by atoms with van der Waals surface area (Å²) in [5, 5.41) is 6.27. The average Bonchev–Trinajstić information content (AvgIpc) is 2.75. The Morgan fingerprint density at radius 3 is 2.39 bits per heavy atom. The number of hydrogen-bond donors (Lipinski definition) is 2. The highest BCUT2D eigenvalue weighted by molar-refractivity contribution is 5.93. The lowest BCUT2D eigenvalue weighted by atomic mass is 10.1. The molecule has 3 aromatic rings. The van der Waals surface area contributed by atoms with Gasteiger partial charge in [-0.2, -0.15) is 0 Å². The van der Waals surface area contributed by atoms with E-state index in [1.165, 1.54) is 5.56 Å². The van der Waals surface area contributed by atoms with Crippen LogP contribution < -0.4 is 15.4 Å². The van der Waals surface area contributed by atoms with Gasteiger partial charge in [-0.25, -0.2) is 0 Å². The lowest BCUT2D eigenvalue weighted by molar-refractivity contribution is 0.0949. The maximum absolute atomic E-state index is 12.4. The highest BCUT2D eigenvalue weighted by Crippen LogP contribution is 2.12. The van der Waals surface area contributed by atoms with Crippen molar-refractivity contribution in [2.45, 2.75) is 12.8 Å². The van der Waals surface area contributed by atoms with Gasteiger partial charge < -0.3 is 15.4 Å². The van der Waals surface area contributed by atoms with Crippen LogP contribution in [-0.4, -0.2) is 31.1 Å². The van der Waals surface area contributed by atoms with Crippen molar-refractivity contribution in [3.8, 4) is 5.75 Å². The summed E-state index contributed by atoms with van der Waals surface area (Å²) in [5.41, 5.74) is 3.73. The molecule has 1 amide bonds. The van der Waals surface area contributed by atoms with Crippen LogP contribution >= 0.6 is 0 Å². The molecule has 0 aliphatic heterocycles. The number of methoxy groups -OCH3 is 1. The summed E-state index contributed by atoms with van der Waals surface area (Å²) in [6.07, 6.45) is 3.33. The zero-order valence-electron chi connectivity index (χ0n) is 16.0. The molecule has 0 aliphatic rings. The Bertz CT molecular complexity index is 880. The molecule has 0 radical (unpaired) electrons. The monoisotopic (exact) mass is 375 g/mol. The Hall–Kier alpha value is -3.34. The van der Waals surface area contributed by atoms with Crippen LogP contribution in [0, 0.1) is 0 Å². The van der Waals surface area contributed by atoms with E-state index in [2.05, 4.69) is 27.8 Å². The van der Waals surface area contributed by atoms with Crippen molar-refractivity contribution in [3.05, 3.63) is 89.7 Å². The first kappa shape index (κ1) is 19.4. The van der Waals surface area contributed by atoms with Gasteiger partial charge in [0, 0.05) is 25.0 Å². The van der Waals surface area contributed by atoms with Crippen molar-refractivity contribution in [1.82, 2.24) is 10.3 Å². The van der Waals surface area contributed by atoms with Gasteiger partial charge in [-0.1, -0.05) is 42.5 Å². The number of ether oxygens (including phenoxy) is 1. The topological polar surface area (TPSA) is 63.2 Å². The SMILES string of the molecule is COc1ccc(CCNC(=O)c2cc(NCCc3ccccc3)ccn2)cc1. The van der Waals surface area contributed by atoms with E-state index in [0.29, 0.717) is 12.2 Å². The molecule has 5 heteroatoms. The normalized spacial score (nSPS) is 10.3. The summed E-state index contributed by atoms with van der Waals surface area (Å²) in [7, 11) is 1.65. The van der Waals surface area contributed by atoms with Gasteiger partial charge in [0.05, 0.1) is 7.11 Å². The van der Waals surface area contributed by atoms with Gasteiger partial charge in [-0.15, -0.1) is 0 Å². The molecule has 1 heterocycles. The van der Waals surface area contributed by atoms with Crippen molar-refractivity contribution in [2.75, 3.05) is 25.5 Å². The van der Waals surface area contributed by atoms with E-state index in [9.17, 15) is 4.79 Å². The molecule has 144 valence electrons. The third-order valence-electron chi connectivity index (χ3n) is 4.44. The number of anilines is 1. The molecular formula is C23H25N3O2. The van der Waals surface area contributed by atoms with Crippen LogP contribution in [0.15, 0.2) is 72.9 Å². The van der Waals surface area contributed by atoms with E-state index in [1.54, 1.807) is 19.4 Å². The number of amides is 1. The predicted molar refractivity (Wildman–Crippen MR) is 112 cm³/mol. The second-order valence-electron chi connectivity index (χ2n) is 6.45. The van der Waals surface area contributed by atoms with Gasteiger partial charge in [-0.3, -0.25) is 9.78 Å². The Labute approximate surface area is 165 Å². The molecule has 0 unspecified atom stereocenters. The average molecular weight is 375 g/mol. The van der Waals surface area contributed by atoms with Gasteiger partial charge in [0.15, 0.2) is 0 Å². The van der Waals surface area contributed by atoms with Gasteiger partial charge in [0.2, 0.25) is 0 Å². The highest BCUT2D eigenvalue weighted by Gasteiger charge is 2.07. The summed E-state index contributed by atoms with van der Waals surface area (Å²) >= 11 is 0. The Morgan fingerprint density at radius 2 is 1.64 bits per heavy atom. The molecule has 1 aromatic heterocycles. The molecule has 0 saturated carbocycles. The van der Waals surface area contributed by atoms with E-state index >= 15 is 0 Å². The van der Waals surface area contributed by atoms with Gasteiger partial charge in [0.25, 0.3) is 5.91 Å². The maximum atomic E-state index is 12.4. The summed E-state index contributed by atoms with van der Waals surface area (Å²) < 4.78 is 5.15.